The Hall–Kier alpha value is -1.33. The van der Waals surface area contributed by atoms with E-state index in [1.807, 2.05) is 30.3 Å². The first-order valence-electron chi connectivity index (χ1n) is 6.47. The molecule has 0 aromatic heterocycles. The molecular formula is C14H16N2O2S. The smallest absolute Gasteiger partial charge is 0.245 e. The first kappa shape index (κ1) is 12.7. The van der Waals surface area contributed by atoms with Crippen LogP contribution >= 0.6 is 11.8 Å². The number of nitrogens with one attached hydrogen (secondary N) is 1. The van der Waals surface area contributed by atoms with E-state index < -0.39 is 0 Å². The standard InChI is InChI=1S/C14H16N2O2S/c17-11-6-10(7-11)15-13(18)12-8-19-14(16-12)9-4-2-1-3-5-9/h1-5,10-12,17H,6-8H2,(H,15,18). The highest BCUT2D eigenvalue weighted by Crippen LogP contribution is 2.25. The van der Waals surface area contributed by atoms with E-state index in [2.05, 4.69) is 10.3 Å². The van der Waals surface area contributed by atoms with Crippen molar-refractivity contribution in [1.29, 1.82) is 0 Å². The summed E-state index contributed by atoms with van der Waals surface area (Å²) in [7, 11) is 0. The number of aliphatic hydroxyl groups excluding tert-OH is 1. The summed E-state index contributed by atoms with van der Waals surface area (Å²) in [5.41, 5.74) is 1.07. The normalized spacial score (nSPS) is 29.5. The zero-order valence-corrected chi connectivity index (χ0v) is 11.3. The monoisotopic (exact) mass is 276 g/mol. The highest BCUT2D eigenvalue weighted by atomic mass is 32.2. The maximum absolute atomic E-state index is 12.0. The second kappa shape index (κ2) is 5.35. The van der Waals surface area contributed by atoms with Crippen LogP contribution in [0, 0.1) is 0 Å². The lowest BCUT2D eigenvalue weighted by atomic mass is 9.89. The molecule has 1 unspecified atom stereocenters. The van der Waals surface area contributed by atoms with Gasteiger partial charge in [-0.3, -0.25) is 9.79 Å². The number of rotatable bonds is 3. The van der Waals surface area contributed by atoms with E-state index in [0.717, 1.165) is 10.6 Å². The predicted molar refractivity (Wildman–Crippen MR) is 76.4 cm³/mol. The van der Waals surface area contributed by atoms with Crippen molar-refractivity contribution in [2.75, 3.05) is 5.75 Å². The van der Waals surface area contributed by atoms with Crippen molar-refractivity contribution in [3.05, 3.63) is 35.9 Å². The first-order chi connectivity index (χ1) is 9.22. The average Bonchev–Trinajstić information content (AvgIpc) is 2.87. The molecule has 1 heterocycles. The molecule has 1 fully saturated rings. The minimum Gasteiger partial charge on any atom is -0.393 e. The predicted octanol–water partition coefficient (Wildman–Crippen LogP) is 1.19. The maximum atomic E-state index is 12.0. The number of carbonyl (C=O) groups excluding carboxylic acids is 1. The van der Waals surface area contributed by atoms with E-state index in [1.54, 1.807) is 11.8 Å². The number of amides is 1. The number of thioether (sulfide) groups is 1. The summed E-state index contributed by atoms with van der Waals surface area (Å²) >= 11 is 1.62. The summed E-state index contributed by atoms with van der Waals surface area (Å²) < 4.78 is 0. The molecule has 0 saturated heterocycles. The minimum atomic E-state index is -0.294. The molecular weight excluding hydrogens is 260 g/mol. The van der Waals surface area contributed by atoms with Crippen LogP contribution in [0.4, 0.5) is 0 Å². The summed E-state index contributed by atoms with van der Waals surface area (Å²) in [4.78, 5) is 16.5. The Bertz CT molecular complexity index is 497. The van der Waals surface area contributed by atoms with Crippen molar-refractivity contribution in [3.63, 3.8) is 0 Å². The molecule has 1 atom stereocenters. The Balaban J connectivity index is 1.61. The van der Waals surface area contributed by atoms with Gasteiger partial charge in [-0.25, -0.2) is 0 Å². The third kappa shape index (κ3) is 2.82. The third-order valence-corrected chi connectivity index (χ3v) is 4.53. The molecule has 1 aromatic carbocycles. The Kier molecular flexibility index (Phi) is 3.57. The van der Waals surface area contributed by atoms with Crippen LogP contribution in [-0.2, 0) is 4.79 Å². The van der Waals surface area contributed by atoms with Crippen LogP contribution in [0.2, 0.25) is 0 Å². The molecule has 1 aliphatic carbocycles. The minimum absolute atomic E-state index is 0.0182. The number of hydrogen-bond donors (Lipinski definition) is 2. The van der Waals surface area contributed by atoms with E-state index in [1.165, 1.54) is 0 Å². The molecule has 3 rings (SSSR count). The lowest BCUT2D eigenvalue weighted by Crippen LogP contribution is -2.49. The molecule has 2 aliphatic rings. The zero-order valence-electron chi connectivity index (χ0n) is 10.5. The lowest BCUT2D eigenvalue weighted by Gasteiger charge is -2.32. The number of aliphatic hydroxyl groups is 1. The van der Waals surface area contributed by atoms with Crippen molar-refractivity contribution < 1.29 is 9.90 Å². The average molecular weight is 276 g/mol. The molecule has 2 N–H and O–H groups in total. The van der Waals surface area contributed by atoms with Gasteiger partial charge in [-0.1, -0.05) is 30.3 Å². The zero-order chi connectivity index (χ0) is 13.2. The molecule has 4 nitrogen and oxygen atoms in total. The van der Waals surface area contributed by atoms with Crippen molar-refractivity contribution in [1.82, 2.24) is 5.32 Å². The third-order valence-electron chi connectivity index (χ3n) is 3.43. The van der Waals surface area contributed by atoms with Gasteiger partial charge in [0.05, 0.1) is 11.1 Å². The number of aliphatic imine (C=N–C) groups is 1. The topological polar surface area (TPSA) is 61.7 Å². The Labute approximate surface area is 116 Å². The van der Waals surface area contributed by atoms with Crippen LogP contribution in [-0.4, -0.2) is 40.0 Å². The van der Waals surface area contributed by atoms with E-state index in [4.69, 9.17) is 0 Å². The summed E-state index contributed by atoms with van der Waals surface area (Å²) in [6.07, 6.45) is 1.09. The number of hydrogen-bond acceptors (Lipinski definition) is 4. The first-order valence-corrected chi connectivity index (χ1v) is 7.45. The van der Waals surface area contributed by atoms with Crippen molar-refractivity contribution >= 4 is 22.7 Å². The molecule has 0 radical (unpaired) electrons. The molecule has 0 spiro atoms. The van der Waals surface area contributed by atoms with E-state index in [-0.39, 0.29) is 24.1 Å². The van der Waals surface area contributed by atoms with Crippen LogP contribution in [0.1, 0.15) is 18.4 Å². The largest absolute Gasteiger partial charge is 0.393 e. The molecule has 19 heavy (non-hydrogen) atoms. The second-order valence-electron chi connectivity index (χ2n) is 4.96. The second-order valence-corrected chi connectivity index (χ2v) is 5.97. The number of carbonyl (C=O) groups is 1. The highest BCUT2D eigenvalue weighted by Gasteiger charge is 2.32. The van der Waals surface area contributed by atoms with Crippen molar-refractivity contribution in [3.8, 4) is 0 Å². The van der Waals surface area contributed by atoms with Gasteiger partial charge in [0.2, 0.25) is 5.91 Å². The van der Waals surface area contributed by atoms with Gasteiger partial charge in [0.15, 0.2) is 0 Å². The van der Waals surface area contributed by atoms with Gasteiger partial charge in [-0.15, -0.1) is 11.8 Å². The van der Waals surface area contributed by atoms with Gasteiger partial charge in [0.25, 0.3) is 0 Å². The van der Waals surface area contributed by atoms with Crippen LogP contribution < -0.4 is 5.32 Å². The van der Waals surface area contributed by atoms with Crippen molar-refractivity contribution in [2.24, 2.45) is 4.99 Å². The van der Waals surface area contributed by atoms with Gasteiger partial charge in [0.1, 0.15) is 6.04 Å². The molecule has 0 bridgehead atoms. The molecule has 1 aromatic rings. The lowest BCUT2D eigenvalue weighted by molar-refractivity contribution is -0.123. The SMILES string of the molecule is O=C(NC1CC(O)C1)C1CSC(c2ccccc2)=N1. The number of nitrogens with zero attached hydrogens (tertiary/aromatic N) is 1. The quantitative estimate of drug-likeness (QED) is 0.871. The van der Waals surface area contributed by atoms with Gasteiger partial charge in [-0.2, -0.15) is 0 Å². The molecule has 1 amide bonds. The fourth-order valence-electron chi connectivity index (χ4n) is 2.25. The van der Waals surface area contributed by atoms with E-state index in [0.29, 0.717) is 18.6 Å². The fourth-order valence-corrected chi connectivity index (χ4v) is 3.30. The van der Waals surface area contributed by atoms with Gasteiger partial charge in [0, 0.05) is 17.4 Å². The summed E-state index contributed by atoms with van der Waals surface area (Å²) in [6, 6.07) is 9.77. The fraction of sp³-hybridized carbons (Fsp3) is 0.429. The molecule has 1 aliphatic heterocycles. The molecule has 5 heteroatoms. The van der Waals surface area contributed by atoms with Crippen LogP contribution in [0.25, 0.3) is 0 Å². The Morgan fingerprint density at radius 1 is 1.32 bits per heavy atom. The number of benzene rings is 1. The van der Waals surface area contributed by atoms with Crippen LogP contribution in [0.5, 0.6) is 0 Å². The summed E-state index contributed by atoms with van der Waals surface area (Å²) in [5, 5.41) is 13.1. The highest BCUT2D eigenvalue weighted by molar-refractivity contribution is 8.14. The molecule has 1 saturated carbocycles. The van der Waals surface area contributed by atoms with E-state index in [9.17, 15) is 9.90 Å². The van der Waals surface area contributed by atoms with Gasteiger partial charge >= 0.3 is 0 Å². The summed E-state index contributed by atoms with van der Waals surface area (Å²) in [6.45, 7) is 0. The van der Waals surface area contributed by atoms with Crippen LogP contribution in [0.3, 0.4) is 0 Å². The van der Waals surface area contributed by atoms with Gasteiger partial charge in [-0.05, 0) is 12.8 Å². The van der Waals surface area contributed by atoms with Crippen LogP contribution in [0.15, 0.2) is 35.3 Å². The van der Waals surface area contributed by atoms with Crippen molar-refractivity contribution in [2.45, 2.75) is 31.0 Å². The summed E-state index contributed by atoms with van der Waals surface area (Å²) in [5.74, 6) is 0.682. The van der Waals surface area contributed by atoms with Gasteiger partial charge < -0.3 is 10.4 Å². The maximum Gasteiger partial charge on any atom is 0.245 e. The Morgan fingerprint density at radius 3 is 2.74 bits per heavy atom. The Morgan fingerprint density at radius 2 is 2.05 bits per heavy atom. The molecule has 100 valence electrons. The van der Waals surface area contributed by atoms with E-state index >= 15 is 0 Å².